The van der Waals surface area contributed by atoms with Crippen LogP contribution in [-0.4, -0.2) is 23.5 Å². The van der Waals surface area contributed by atoms with Crippen molar-refractivity contribution in [1.82, 2.24) is 10.5 Å². The lowest BCUT2D eigenvalue weighted by Crippen LogP contribution is -2.25. The van der Waals surface area contributed by atoms with Crippen LogP contribution in [0.15, 0.2) is 34.9 Å². The molecule has 2 amide bonds. The summed E-state index contributed by atoms with van der Waals surface area (Å²) in [5, 5.41) is 9.34. The molecule has 0 radical (unpaired) electrons. The first-order valence-corrected chi connectivity index (χ1v) is 8.74. The van der Waals surface area contributed by atoms with Crippen molar-refractivity contribution in [3.05, 3.63) is 41.8 Å². The Hall–Kier alpha value is -2.83. The molecule has 0 atom stereocenters. The third kappa shape index (κ3) is 6.23. The van der Waals surface area contributed by atoms with Gasteiger partial charge in [-0.25, -0.2) is 0 Å². The molecule has 0 unspecified atom stereocenters. The highest BCUT2D eigenvalue weighted by Gasteiger charge is 2.12. The van der Waals surface area contributed by atoms with Crippen LogP contribution >= 0.6 is 0 Å². The summed E-state index contributed by atoms with van der Waals surface area (Å²) in [5.74, 6) is 1.32. The maximum atomic E-state index is 12.0. The predicted molar refractivity (Wildman–Crippen MR) is 98.0 cm³/mol. The van der Waals surface area contributed by atoms with Gasteiger partial charge in [0, 0.05) is 24.7 Å². The number of nitrogens with zero attached hydrogens (tertiary/aromatic N) is 1. The Morgan fingerprint density at radius 1 is 1.23 bits per heavy atom. The zero-order valence-corrected chi connectivity index (χ0v) is 15.4. The van der Waals surface area contributed by atoms with Gasteiger partial charge in [-0.2, -0.15) is 0 Å². The lowest BCUT2D eigenvalue weighted by atomic mass is 10.1. The first-order chi connectivity index (χ1) is 12.5. The molecule has 1 aromatic carbocycles. The summed E-state index contributed by atoms with van der Waals surface area (Å²) in [7, 11) is 0. The standard InChI is InChI=1S/C19H25N3O4/c1-4-18(23)21-14-5-7-15(8-6-14)25-12-16-11-17(22-26-16)19(24)20-10-9-13(2)3/h5-8,11,13H,4,9-10,12H2,1-3H3,(H,20,24)(H,21,23). The van der Waals surface area contributed by atoms with Crippen molar-refractivity contribution in [2.24, 2.45) is 5.92 Å². The Kier molecular flexibility index (Phi) is 7.20. The van der Waals surface area contributed by atoms with E-state index in [1.54, 1.807) is 37.3 Å². The number of benzene rings is 1. The van der Waals surface area contributed by atoms with E-state index in [1.807, 2.05) is 0 Å². The van der Waals surface area contributed by atoms with Gasteiger partial charge in [-0.15, -0.1) is 0 Å². The van der Waals surface area contributed by atoms with Crippen molar-refractivity contribution >= 4 is 17.5 Å². The minimum atomic E-state index is -0.253. The molecule has 2 aromatic rings. The molecular weight excluding hydrogens is 334 g/mol. The molecule has 0 bridgehead atoms. The number of nitrogens with one attached hydrogen (secondary N) is 2. The summed E-state index contributed by atoms with van der Waals surface area (Å²) in [6, 6.07) is 8.59. The summed E-state index contributed by atoms with van der Waals surface area (Å²) in [5.41, 5.74) is 0.953. The van der Waals surface area contributed by atoms with Crippen LogP contribution in [0, 0.1) is 5.92 Å². The van der Waals surface area contributed by atoms with E-state index < -0.39 is 0 Å². The molecular formula is C19H25N3O4. The van der Waals surface area contributed by atoms with E-state index in [0.717, 1.165) is 6.42 Å². The first-order valence-electron chi connectivity index (χ1n) is 8.74. The minimum absolute atomic E-state index is 0.0421. The number of ether oxygens (including phenoxy) is 1. The number of carbonyl (C=O) groups is 2. The molecule has 0 saturated carbocycles. The maximum absolute atomic E-state index is 12.0. The van der Waals surface area contributed by atoms with E-state index in [2.05, 4.69) is 29.6 Å². The van der Waals surface area contributed by atoms with E-state index in [4.69, 9.17) is 9.26 Å². The van der Waals surface area contributed by atoms with E-state index in [-0.39, 0.29) is 24.1 Å². The zero-order valence-electron chi connectivity index (χ0n) is 15.4. The third-order valence-corrected chi connectivity index (χ3v) is 3.64. The summed E-state index contributed by atoms with van der Waals surface area (Å²) < 4.78 is 10.7. The molecule has 7 nitrogen and oxygen atoms in total. The van der Waals surface area contributed by atoms with Crippen molar-refractivity contribution in [2.45, 2.75) is 40.2 Å². The Morgan fingerprint density at radius 3 is 2.62 bits per heavy atom. The molecule has 7 heteroatoms. The van der Waals surface area contributed by atoms with Gasteiger partial charge >= 0.3 is 0 Å². The second-order valence-electron chi connectivity index (χ2n) is 6.33. The normalized spacial score (nSPS) is 10.6. The van der Waals surface area contributed by atoms with E-state index in [9.17, 15) is 9.59 Å². The average Bonchev–Trinajstić information content (AvgIpc) is 3.10. The molecule has 1 heterocycles. The van der Waals surface area contributed by atoms with Crippen LogP contribution in [0.3, 0.4) is 0 Å². The Morgan fingerprint density at radius 2 is 1.96 bits per heavy atom. The number of anilines is 1. The van der Waals surface area contributed by atoms with E-state index in [0.29, 0.717) is 36.1 Å². The van der Waals surface area contributed by atoms with Crippen molar-refractivity contribution < 1.29 is 18.8 Å². The molecule has 2 N–H and O–H groups in total. The van der Waals surface area contributed by atoms with Crippen molar-refractivity contribution in [3.8, 4) is 5.75 Å². The molecule has 0 fully saturated rings. The van der Waals surface area contributed by atoms with Crippen LogP contribution in [0.4, 0.5) is 5.69 Å². The largest absolute Gasteiger partial charge is 0.486 e. The number of hydrogen-bond donors (Lipinski definition) is 2. The molecule has 0 saturated heterocycles. The fraction of sp³-hybridized carbons (Fsp3) is 0.421. The second kappa shape index (κ2) is 9.60. The van der Waals surface area contributed by atoms with Crippen LogP contribution in [0.1, 0.15) is 49.9 Å². The number of carbonyl (C=O) groups excluding carboxylic acids is 2. The average molecular weight is 359 g/mol. The van der Waals surface area contributed by atoms with Crippen LogP contribution < -0.4 is 15.4 Å². The van der Waals surface area contributed by atoms with E-state index in [1.165, 1.54) is 0 Å². The zero-order chi connectivity index (χ0) is 18.9. The van der Waals surface area contributed by atoms with Gasteiger partial charge in [0.1, 0.15) is 12.4 Å². The Bertz CT molecular complexity index is 723. The molecule has 2 rings (SSSR count). The maximum Gasteiger partial charge on any atom is 0.273 e. The smallest absolute Gasteiger partial charge is 0.273 e. The van der Waals surface area contributed by atoms with Crippen LogP contribution in [0.25, 0.3) is 0 Å². The lowest BCUT2D eigenvalue weighted by molar-refractivity contribution is -0.115. The number of amides is 2. The topological polar surface area (TPSA) is 93.5 Å². The fourth-order valence-electron chi connectivity index (χ4n) is 2.09. The SMILES string of the molecule is CCC(=O)Nc1ccc(OCc2cc(C(=O)NCCC(C)C)no2)cc1. The predicted octanol–water partition coefficient (Wildman–Crippen LogP) is 3.38. The van der Waals surface area contributed by atoms with E-state index >= 15 is 0 Å². The molecule has 0 aliphatic heterocycles. The van der Waals surface area contributed by atoms with Crippen LogP contribution in [0.5, 0.6) is 5.75 Å². The van der Waals surface area contributed by atoms with Gasteiger partial charge in [-0.3, -0.25) is 9.59 Å². The minimum Gasteiger partial charge on any atom is -0.486 e. The summed E-state index contributed by atoms with van der Waals surface area (Å²) >= 11 is 0. The van der Waals surface area contributed by atoms with Gasteiger partial charge in [0.15, 0.2) is 11.5 Å². The lowest BCUT2D eigenvalue weighted by Gasteiger charge is -2.06. The van der Waals surface area contributed by atoms with Gasteiger partial charge in [0.25, 0.3) is 5.91 Å². The van der Waals surface area contributed by atoms with Gasteiger partial charge < -0.3 is 19.9 Å². The van der Waals surface area contributed by atoms with Gasteiger partial charge in [-0.05, 0) is 36.6 Å². The summed E-state index contributed by atoms with van der Waals surface area (Å²) in [4.78, 5) is 23.3. The number of rotatable bonds is 9. The third-order valence-electron chi connectivity index (χ3n) is 3.64. The Balaban J connectivity index is 1.82. The van der Waals surface area contributed by atoms with Crippen molar-refractivity contribution in [3.63, 3.8) is 0 Å². The molecule has 0 spiro atoms. The second-order valence-corrected chi connectivity index (χ2v) is 6.33. The molecule has 1 aromatic heterocycles. The van der Waals surface area contributed by atoms with Crippen molar-refractivity contribution in [2.75, 3.05) is 11.9 Å². The van der Waals surface area contributed by atoms with Gasteiger partial charge in [0.05, 0.1) is 0 Å². The molecule has 0 aliphatic carbocycles. The van der Waals surface area contributed by atoms with Crippen LogP contribution in [-0.2, 0) is 11.4 Å². The monoisotopic (exact) mass is 359 g/mol. The number of hydrogen-bond acceptors (Lipinski definition) is 5. The summed E-state index contributed by atoms with van der Waals surface area (Å²) in [6.45, 7) is 6.76. The first kappa shape index (κ1) is 19.5. The molecule has 0 aliphatic rings. The Labute approximate surface area is 153 Å². The quantitative estimate of drug-likeness (QED) is 0.716. The van der Waals surface area contributed by atoms with Gasteiger partial charge in [0.2, 0.25) is 5.91 Å². The molecule has 26 heavy (non-hydrogen) atoms. The van der Waals surface area contributed by atoms with Crippen molar-refractivity contribution in [1.29, 1.82) is 0 Å². The highest BCUT2D eigenvalue weighted by atomic mass is 16.5. The highest BCUT2D eigenvalue weighted by Crippen LogP contribution is 2.17. The van der Waals surface area contributed by atoms with Gasteiger partial charge in [-0.1, -0.05) is 25.9 Å². The van der Waals surface area contributed by atoms with Crippen LogP contribution in [0.2, 0.25) is 0 Å². The molecule has 140 valence electrons. The summed E-state index contributed by atoms with van der Waals surface area (Å²) in [6.07, 6.45) is 1.34. The highest BCUT2D eigenvalue weighted by molar-refractivity contribution is 5.92. The number of aromatic nitrogens is 1. The fourth-order valence-corrected chi connectivity index (χ4v) is 2.09.